The van der Waals surface area contributed by atoms with Crippen LogP contribution in [-0.2, 0) is 4.79 Å². The van der Waals surface area contributed by atoms with Crippen molar-refractivity contribution in [1.82, 2.24) is 29.6 Å². The lowest BCUT2D eigenvalue weighted by Gasteiger charge is -2.36. The van der Waals surface area contributed by atoms with Crippen molar-refractivity contribution in [3.8, 4) is 11.6 Å². The number of nitrogens with zero attached hydrogens (tertiary/aromatic N) is 7. The van der Waals surface area contributed by atoms with Gasteiger partial charge < -0.3 is 19.5 Å². The van der Waals surface area contributed by atoms with Gasteiger partial charge in [0.15, 0.2) is 5.82 Å². The topological polar surface area (TPSA) is 122 Å². The second kappa shape index (κ2) is 9.61. The van der Waals surface area contributed by atoms with Crippen molar-refractivity contribution < 1.29 is 14.3 Å². The second-order valence-electron chi connectivity index (χ2n) is 8.38. The number of ether oxygens (including phenoxy) is 1. The van der Waals surface area contributed by atoms with Gasteiger partial charge in [-0.15, -0.1) is 0 Å². The summed E-state index contributed by atoms with van der Waals surface area (Å²) in [5.74, 6) is -0.310. The zero-order chi connectivity index (χ0) is 25.2. The number of nitrogens with one attached hydrogen (secondary N) is 1. The normalized spacial score (nSPS) is 14.1. The predicted molar refractivity (Wildman–Crippen MR) is 136 cm³/mol. The summed E-state index contributed by atoms with van der Waals surface area (Å²) in [7, 11) is 1.50. The van der Waals surface area contributed by atoms with E-state index in [1.165, 1.54) is 36.8 Å². The summed E-state index contributed by atoms with van der Waals surface area (Å²) in [5, 5.41) is 4.60. The number of ketones is 1. The third kappa shape index (κ3) is 3.98. The number of hydrogen-bond acceptors (Lipinski definition) is 8. The third-order valence-corrected chi connectivity index (χ3v) is 6.33. The van der Waals surface area contributed by atoms with E-state index in [2.05, 4.69) is 29.9 Å². The molecule has 4 heterocycles. The number of pyridine rings is 1. The number of aromatic nitrogens is 5. The Morgan fingerprint density at radius 1 is 1.19 bits per heavy atom. The molecule has 184 valence electrons. The SMILES string of the molecule is CC=Nc1c(C)cccc1N1CCN(C(=O)C(=O)c2c[nH]c3c(-n4cncn4)ncc(OC)c23)CC1. The van der Waals surface area contributed by atoms with Gasteiger partial charge in [0.05, 0.1) is 41.1 Å². The molecule has 3 aromatic heterocycles. The van der Waals surface area contributed by atoms with Gasteiger partial charge in [-0.2, -0.15) is 5.10 Å². The fourth-order valence-electron chi connectivity index (χ4n) is 4.53. The van der Waals surface area contributed by atoms with Gasteiger partial charge >= 0.3 is 0 Å². The molecular weight excluding hydrogens is 460 g/mol. The predicted octanol–water partition coefficient (Wildman–Crippen LogP) is 2.71. The first-order valence-corrected chi connectivity index (χ1v) is 11.6. The van der Waals surface area contributed by atoms with E-state index in [-0.39, 0.29) is 5.56 Å². The number of aromatic amines is 1. The molecule has 1 N–H and O–H groups in total. The lowest BCUT2D eigenvalue weighted by molar-refractivity contribution is -0.126. The lowest BCUT2D eigenvalue weighted by atomic mass is 10.1. The number of benzene rings is 1. The molecule has 1 aromatic carbocycles. The molecule has 4 aromatic rings. The number of H-pyrrole nitrogens is 1. The second-order valence-corrected chi connectivity index (χ2v) is 8.38. The highest BCUT2D eigenvalue weighted by Gasteiger charge is 2.30. The van der Waals surface area contributed by atoms with Crippen LogP contribution >= 0.6 is 0 Å². The summed E-state index contributed by atoms with van der Waals surface area (Å²) in [6.07, 6.45) is 7.71. The average Bonchev–Trinajstić information content (AvgIpc) is 3.60. The molecule has 0 unspecified atom stereocenters. The Kier molecular flexibility index (Phi) is 6.19. The van der Waals surface area contributed by atoms with E-state index in [4.69, 9.17) is 4.74 Å². The van der Waals surface area contributed by atoms with Crippen LogP contribution in [0.2, 0.25) is 0 Å². The minimum Gasteiger partial charge on any atom is -0.494 e. The molecule has 0 atom stereocenters. The summed E-state index contributed by atoms with van der Waals surface area (Å²) in [4.78, 5) is 46.4. The van der Waals surface area contributed by atoms with E-state index in [1.807, 2.05) is 32.0 Å². The maximum absolute atomic E-state index is 13.4. The van der Waals surface area contributed by atoms with Crippen LogP contribution in [0.15, 0.2) is 48.2 Å². The van der Waals surface area contributed by atoms with Gasteiger partial charge in [-0.05, 0) is 25.5 Å². The highest BCUT2D eigenvalue weighted by atomic mass is 16.5. The maximum atomic E-state index is 13.4. The molecule has 0 radical (unpaired) electrons. The minimum atomic E-state index is -0.601. The van der Waals surface area contributed by atoms with Crippen molar-refractivity contribution in [2.24, 2.45) is 4.99 Å². The number of aryl methyl sites for hydroxylation is 1. The number of fused-ring (bicyclic) bond motifs is 1. The van der Waals surface area contributed by atoms with Crippen LogP contribution in [0, 0.1) is 6.92 Å². The van der Waals surface area contributed by atoms with E-state index in [0.717, 1.165) is 16.9 Å². The number of carbonyl (C=O) groups is 2. The van der Waals surface area contributed by atoms with Crippen LogP contribution in [-0.4, -0.2) is 80.8 Å². The van der Waals surface area contributed by atoms with Gasteiger partial charge in [-0.25, -0.2) is 14.6 Å². The lowest BCUT2D eigenvalue weighted by Crippen LogP contribution is -2.50. The van der Waals surface area contributed by atoms with E-state index in [0.29, 0.717) is 48.6 Å². The summed E-state index contributed by atoms with van der Waals surface area (Å²) < 4.78 is 6.94. The Hall–Kier alpha value is -4.54. The molecule has 0 aliphatic carbocycles. The average molecular weight is 487 g/mol. The summed E-state index contributed by atoms with van der Waals surface area (Å²) in [6.45, 7) is 5.99. The number of aliphatic imine (C=N–C) groups is 1. The molecule has 11 nitrogen and oxygen atoms in total. The first-order chi connectivity index (χ1) is 17.5. The fourth-order valence-corrected chi connectivity index (χ4v) is 4.53. The molecule has 1 fully saturated rings. The van der Waals surface area contributed by atoms with Gasteiger partial charge in [-0.1, -0.05) is 12.1 Å². The molecule has 0 bridgehead atoms. The molecule has 0 saturated carbocycles. The Morgan fingerprint density at radius 3 is 2.69 bits per heavy atom. The van der Waals surface area contributed by atoms with Crippen LogP contribution in [0.25, 0.3) is 16.7 Å². The quantitative estimate of drug-likeness (QED) is 0.253. The van der Waals surface area contributed by atoms with E-state index >= 15 is 0 Å². The van der Waals surface area contributed by atoms with Gasteiger partial charge in [0.25, 0.3) is 11.7 Å². The summed E-state index contributed by atoms with van der Waals surface area (Å²) in [6, 6.07) is 6.08. The minimum absolute atomic E-state index is 0.233. The van der Waals surface area contributed by atoms with E-state index < -0.39 is 11.7 Å². The fraction of sp³-hybridized carbons (Fsp3) is 0.280. The Labute approximate surface area is 207 Å². The molecule has 36 heavy (non-hydrogen) atoms. The number of anilines is 1. The smallest absolute Gasteiger partial charge is 0.295 e. The molecule has 5 rings (SSSR count). The van der Waals surface area contributed by atoms with Gasteiger partial charge in [-0.3, -0.25) is 14.6 Å². The first kappa shape index (κ1) is 23.2. The number of Topliss-reactive ketones (excluding diaryl/α,β-unsaturated/α-hetero) is 1. The van der Waals surface area contributed by atoms with Gasteiger partial charge in [0.2, 0.25) is 0 Å². The van der Waals surface area contributed by atoms with E-state index in [9.17, 15) is 9.59 Å². The summed E-state index contributed by atoms with van der Waals surface area (Å²) in [5.41, 5.74) is 3.81. The van der Waals surface area contributed by atoms with Crippen molar-refractivity contribution in [2.75, 3.05) is 38.2 Å². The monoisotopic (exact) mass is 486 g/mol. The van der Waals surface area contributed by atoms with Gasteiger partial charge in [0, 0.05) is 38.6 Å². The number of para-hydroxylation sites is 1. The van der Waals surface area contributed by atoms with Crippen molar-refractivity contribution in [3.05, 3.63) is 54.4 Å². The van der Waals surface area contributed by atoms with Crippen molar-refractivity contribution >= 4 is 40.2 Å². The van der Waals surface area contributed by atoms with Crippen LogP contribution in [0.3, 0.4) is 0 Å². The molecule has 0 spiro atoms. The van der Waals surface area contributed by atoms with Crippen molar-refractivity contribution in [3.63, 3.8) is 0 Å². The Balaban J connectivity index is 1.38. The number of methoxy groups -OCH3 is 1. The zero-order valence-electron chi connectivity index (χ0n) is 20.3. The van der Waals surface area contributed by atoms with Crippen LogP contribution < -0.4 is 9.64 Å². The third-order valence-electron chi connectivity index (χ3n) is 6.33. The van der Waals surface area contributed by atoms with Gasteiger partial charge in [0.1, 0.15) is 18.4 Å². The highest BCUT2D eigenvalue weighted by molar-refractivity contribution is 6.45. The summed E-state index contributed by atoms with van der Waals surface area (Å²) >= 11 is 0. The molecule has 1 aliphatic rings. The number of hydrogen-bond donors (Lipinski definition) is 1. The molecule has 1 aliphatic heterocycles. The first-order valence-electron chi connectivity index (χ1n) is 11.6. The zero-order valence-corrected chi connectivity index (χ0v) is 20.3. The van der Waals surface area contributed by atoms with Crippen LogP contribution in [0.4, 0.5) is 11.4 Å². The number of piperazine rings is 1. The number of carbonyl (C=O) groups excluding carboxylic acids is 2. The maximum Gasteiger partial charge on any atom is 0.295 e. The Bertz CT molecular complexity index is 1450. The molecule has 1 amide bonds. The number of amides is 1. The highest BCUT2D eigenvalue weighted by Crippen LogP contribution is 2.34. The van der Waals surface area contributed by atoms with Crippen LogP contribution in [0.5, 0.6) is 5.75 Å². The number of rotatable bonds is 6. The van der Waals surface area contributed by atoms with Crippen molar-refractivity contribution in [2.45, 2.75) is 13.8 Å². The largest absolute Gasteiger partial charge is 0.494 e. The molecular formula is C25H26N8O3. The van der Waals surface area contributed by atoms with E-state index in [1.54, 1.807) is 11.1 Å². The molecule has 1 saturated heterocycles. The van der Waals surface area contributed by atoms with Crippen LogP contribution in [0.1, 0.15) is 22.8 Å². The Morgan fingerprint density at radius 2 is 2.00 bits per heavy atom. The van der Waals surface area contributed by atoms with Crippen molar-refractivity contribution in [1.29, 1.82) is 0 Å². The standard InChI is InChI=1S/C25H26N8O3/c1-4-27-21-16(2)6-5-7-18(21)31-8-10-32(11-9-31)25(35)23(34)17-12-28-22-20(17)19(36-3)13-29-24(22)33-15-26-14-30-33/h4-7,12-15,28H,8-11H2,1-3H3. The molecule has 11 heteroatoms.